The number of nitrogen functional groups attached to an aromatic ring is 1. The lowest BCUT2D eigenvalue weighted by Gasteiger charge is -2.14. The minimum absolute atomic E-state index is 0.0812. The molecule has 1 heterocycles. The van der Waals surface area contributed by atoms with E-state index in [1.807, 2.05) is 13.2 Å². The van der Waals surface area contributed by atoms with Crippen LogP contribution in [-0.4, -0.2) is 28.5 Å². The maximum Gasteiger partial charge on any atom is 0.451 e. The molecular formula is C10H16F3N5S. The minimum atomic E-state index is -4.60. The van der Waals surface area contributed by atoms with Crippen molar-refractivity contribution >= 4 is 23.4 Å². The van der Waals surface area contributed by atoms with E-state index in [9.17, 15) is 13.2 Å². The van der Waals surface area contributed by atoms with E-state index in [4.69, 9.17) is 5.84 Å². The van der Waals surface area contributed by atoms with Crippen molar-refractivity contribution in [3.63, 3.8) is 0 Å². The molecule has 5 nitrogen and oxygen atoms in total. The lowest BCUT2D eigenvalue weighted by Crippen LogP contribution is -2.19. The van der Waals surface area contributed by atoms with Crippen LogP contribution in [0.15, 0.2) is 6.07 Å². The first-order valence-corrected chi connectivity index (χ1v) is 6.92. The van der Waals surface area contributed by atoms with Crippen LogP contribution >= 0.6 is 11.8 Å². The fraction of sp³-hybridized carbons (Fsp3) is 0.600. The molecule has 1 unspecified atom stereocenters. The third-order valence-corrected chi connectivity index (χ3v) is 3.11. The molecule has 108 valence electrons. The molecule has 0 radical (unpaired) electrons. The Morgan fingerprint density at radius 3 is 2.53 bits per heavy atom. The van der Waals surface area contributed by atoms with Gasteiger partial charge in [-0.25, -0.2) is 15.8 Å². The molecule has 0 fully saturated rings. The zero-order valence-electron chi connectivity index (χ0n) is 10.6. The van der Waals surface area contributed by atoms with E-state index >= 15 is 0 Å². The van der Waals surface area contributed by atoms with Crippen LogP contribution in [0.1, 0.15) is 12.7 Å². The Balaban J connectivity index is 2.83. The second-order valence-electron chi connectivity index (χ2n) is 4.05. The van der Waals surface area contributed by atoms with E-state index in [1.165, 1.54) is 6.07 Å². The number of halogens is 3. The second-order valence-corrected chi connectivity index (χ2v) is 4.96. The highest BCUT2D eigenvalue weighted by molar-refractivity contribution is 7.98. The first-order valence-electron chi connectivity index (χ1n) is 5.52. The summed E-state index contributed by atoms with van der Waals surface area (Å²) in [6.07, 6.45) is -2.63. The van der Waals surface area contributed by atoms with Gasteiger partial charge in [-0.1, -0.05) is 6.92 Å². The number of rotatable bonds is 6. The van der Waals surface area contributed by atoms with Crippen molar-refractivity contribution in [2.24, 2.45) is 11.8 Å². The van der Waals surface area contributed by atoms with E-state index < -0.39 is 12.0 Å². The number of nitrogens with two attached hydrogens (primary N) is 1. The maximum absolute atomic E-state index is 12.6. The number of nitrogens with zero attached hydrogens (tertiary/aromatic N) is 2. The number of anilines is 2. The third kappa shape index (κ3) is 5.11. The van der Waals surface area contributed by atoms with Gasteiger partial charge in [-0.3, -0.25) is 0 Å². The molecule has 0 saturated carbocycles. The minimum Gasteiger partial charge on any atom is -0.370 e. The Labute approximate surface area is 113 Å². The molecule has 0 aliphatic rings. The Hall–Kier alpha value is -1.22. The van der Waals surface area contributed by atoms with Gasteiger partial charge in [-0.15, -0.1) is 0 Å². The van der Waals surface area contributed by atoms with Crippen molar-refractivity contribution in [2.45, 2.75) is 13.1 Å². The quantitative estimate of drug-likeness (QED) is 0.552. The summed E-state index contributed by atoms with van der Waals surface area (Å²) in [4.78, 5) is 6.71. The molecule has 1 aromatic heterocycles. The van der Waals surface area contributed by atoms with Crippen molar-refractivity contribution in [1.29, 1.82) is 0 Å². The highest BCUT2D eigenvalue weighted by atomic mass is 32.2. The lowest BCUT2D eigenvalue weighted by atomic mass is 10.2. The molecule has 0 aliphatic carbocycles. The van der Waals surface area contributed by atoms with Gasteiger partial charge in [0.25, 0.3) is 0 Å². The molecule has 0 spiro atoms. The fourth-order valence-electron chi connectivity index (χ4n) is 1.36. The van der Waals surface area contributed by atoms with Crippen molar-refractivity contribution in [3.05, 3.63) is 11.9 Å². The molecule has 0 aliphatic heterocycles. The number of thioether (sulfide) groups is 1. The summed E-state index contributed by atoms with van der Waals surface area (Å²) in [6.45, 7) is 2.52. The lowest BCUT2D eigenvalue weighted by molar-refractivity contribution is -0.144. The Bertz CT molecular complexity index is 413. The summed E-state index contributed by atoms with van der Waals surface area (Å²) in [5.41, 5.74) is 2.10. The van der Waals surface area contributed by atoms with E-state index in [-0.39, 0.29) is 11.6 Å². The van der Waals surface area contributed by atoms with Crippen molar-refractivity contribution in [3.8, 4) is 0 Å². The Morgan fingerprint density at radius 2 is 2.00 bits per heavy atom. The van der Waals surface area contributed by atoms with Gasteiger partial charge < -0.3 is 10.7 Å². The summed E-state index contributed by atoms with van der Waals surface area (Å²) in [7, 11) is 0. The van der Waals surface area contributed by atoms with E-state index in [0.717, 1.165) is 5.75 Å². The van der Waals surface area contributed by atoms with Crippen molar-refractivity contribution < 1.29 is 13.2 Å². The van der Waals surface area contributed by atoms with Crippen molar-refractivity contribution in [1.82, 2.24) is 9.97 Å². The molecule has 0 aromatic carbocycles. The van der Waals surface area contributed by atoms with Crippen LogP contribution < -0.4 is 16.6 Å². The van der Waals surface area contributed by atoms with Crippen LogP contribution in [0.2, 0.25) is 0 Å². The van der Waals surface area contributed by atoms with Crippen molar-refractivity contribution in [2.75, 3.05) is 29.3 Å². The number of hydrogen-bond donors (Lipinski definition) is 3. The molecule has 9 heteroatoms. The maximum atomic E-state index is 12.6. The largest absolute Gasteiger partial charge is 0.451 e. The van der Waals surface area contributed by atoms with Crippen LogP contribution in [0.3, 0.4) is 0 Å². The summed E-state index contributed by atoms with van der Waals surface area (Å²) in [6, 6.07) is 1.33. The summed E-state index contributed by atoms with van der Waals surface area (Å²) >= 11 is 1.67. The summed E-state index contributed by atoms with van der Waals surface area (Å²) in [5.74, 6) is 5.12. The van der Waals surface area contributed by atoms with Gasteiger partial charge >= 0.3 is 6.18 Å². The first-order chi connectivity index (χ1) is 8.86. The summed E-state index contributed by atoms with van der Waals surface area (Å²) in [5, 5.41) is 2.86. The molecule has 4 N–H and O–H groups in total. The number of nitrogens with one attached hydrogen (secondary N) is 2. The smallest absolute Gasteiger partial charge is 0.370 e. The molecule has 0 saturated heterocycles. The second kappa shape index (κ2) is 6.80. The molecule has 1 rings (SSSR count). The zero-order chi connectivity index (χ0) is 14.5. The van der Waals surface area contributed by atoms with Gasteiger partial charge in [-0.05, 0) is 17.9 Å². The summed E-state index contributed by atoms with van der Waals surface area (Å²) < 4.78 is 37.7. The highest BCUT2D eigenvalue weighted by Crippen LogP contribution is 2.28. The number of hydrogen-bond acceptors (Lipinski definition) is 6. The van der Waals surface area contributed by atoms with E-state index in [0.29, 0.717) is 12.5 Å². The predicted octanol–water partition coefficient (Wildman–Crippen LogP) is 2.19. The molecule has 0 bridgehead atoms. The van der Waals surface area contributed by atoms with Crippen LogP contribution in [0, 0.1) is 5.92 Å². The molecule has 0 amide bonds. The Morgan fingerprint density at radius 1 is 1.37 bits per heavy atom. The van der Waals surface area contributed by atoms with Gasteiger partial charge in [0.1, 0.15) is 11.6 Å². The zero-order valence-corrected chi connectivity index (χ0v) is 11.4. The number of alkyl halides is 3. The molecule has 1 atom stereocenters. The van der Waals surface area contributed by atoms with E-state index in [2.05, 4.69) is 20.7 Å². The van der Waals surface area contributed by atoms with Crippen LogP contribution in [-0.2, 0) is 6.18 Å². The monoisotopic (exact) mass is 295 g/mol. The van der Waals surface area contributed by atoms with Gasteiger partial charge in [0.2, 0.25) is 5.82 Å². The van der Waals surface area contributed by atoms with Crippen LogP contribution in [0.5, 0.6) is 0 Å². The van der Waals surface area contributed by atoms with Gasteiger partial charge in [0.05, 0.1) is 0 Å². The van der Waals surface area contributed by atoms with Crippen LogP contribution in [0.25, 0.3) is 0 Å². The number of aromatic nitrogens is 2. The highest BCUT2D eigenvalue weighted by Gasteiger charge is 2.35. The number of hydrazine groups is 1. The standard InChI is InChI=1S/C10H16F3N5S/c1-6(5-19-2)4-15-7-3-8(18-14)17-9(16-7)10(11,12)13/h3,6H,4-5,14H2,1-2H3,(H2,15,16,17,18). The molecule has 1 aromatic rings. The Kier molecular flexibility index (Phi) is 5.67. The van der Waals surface area contributed by atoms with Crippen LogP contribution in [0.4, 0.5) is 24.8 Å². The third-order valence-electron chi connectivity index (χ3n) is 2.21. The first kappa shape index (κ1) is 15.8. The average Bonchev–Trinajstić information content (AvgIpc) is 2.35. The van der Waals surface area contributed by atoms with Gasteiger partial charge in [-0.2, -0.15) is 24.9 Å². The predicted molar refractivity (Wildman–Crippen MR) is 70.9 cm³/mol. The van der Waals surface area contributed by atoms with E-state index in [1.54, 1.807) is 11.8 Å². The average molecular weight is 295 g/mol. The normalized spacial score (nSPS) is 13.2. The molecular weight excluding hydrogens is 279 g/mol. The van der Waals surface area contributed by atoms with Gasteiger partial charge in [0.15, 0.2) is 0 Å². The SMILES string of the molecule is CSCC(C)CNc1cc(NN)nc(C(F)(F)F)n1. The topological polar surface area (TPSA) is 75.9 Å². The molecule has 19 heavy (non-hydrogen) atoms. The van der Waals surface area contributed by atoms with Gasteiger partial charge in [0, 0.05) is 12.6 Å². The fourth-order valence-corrected chi connectivity index (χ4v) is 2.05.